The molecule has 23 heavy (non-hydrogen) atoms. The quantitative estimate of drug-likeness (QED) is 0.678. The Morgan fingerprint density at radius 3 is 2.13 bits per heavy atom. The number of halogens is 1. The van der Waals surface area contributed by atoms with Gasteiger partial charge in [0.1, 0.15) is 0 Å². The molecule has 2 rings (SSSR count). The van der Waals surface area contributed by atoms with Crippen LogP contribution in [-0.2, 0) is 6.54 Å². The summed E-state index contributed by atoms with van der Waals surface area (Å²) in [5, 5.41) is 3.74. The van der Waals surface area contributed by atoms with Gasteiger partial charge in [0.05, 0.1) is 13.2 Å². The van der Waals surface area contributed by atoms with Gasteiger partial charge >= 0.3 is 0 Å². The van der Waals surface area contributed by atoms with Crippen molar-refractivity contribution in [2.24, 2.45) is 0 Å². The Labute approximate surface area is 149 Å². The molecule has 0 aliphatic heterocycles. The summed E-state index contributed by atoms with van der Waals surface area (Å²) in [4.78, 5) is 0. The largest absolute Gasteiger partial charge is 0.490 e. The lowest BCUT2D eigenvalue weighted by molar-refractivity contribution is 0.287. The second-order valence-corrected chi connectivity index (χ2v) is 7.03. The van der Waals surface area contributed by atoms with Crippen molar-refractivity contribution in [2.75, 3.05) is 13.2 Å². The fourth-order valence-corrected chi connectivity index (χ4v) is 3.63. The van der Waals surface area contributed by atoms with Crippen molar-refractivity contribution >= 4 is 15.9 Å². The van der Waals surface area contributed by atoms with E-state index in [1.54, 1.807) is 0 Å². The van der Waals surface area contributed by atoms with Crippen molar-refractivity contribution in [3.8, 4) is 11.5 Å². The first-order valence-electron chi connectivity index (χ1n) is 9.06. The first-order chi connectivity index (χ1) is 11.2. The minimum absolute atomic E-state index is 0.643. The van der Waals surface area contributed by atoms with Crippen molar-refractivity contribution in [3.05, 3.63) is 22.2 Å². The predicted octanol–water partition coefficient (Wildman–Crippen LogP) is 5.45. The van der Waals surface area contributed by atoms with Gasteiger partial charge < -0.3 is 14.8 Å². The van der Waals surface area contributed by atoms with E-state index >= 15 is 0 Å². The van der Waals surface area contributed by atoms with Gasteiger partial charge in [-0.2, -0.15) is 0 Å². The van der Waals surface area contributed by atoms with Gasteiger partial charge in [0.15, 0.2) is 11.5 Å². The number of rotatable bonds is 7. The topological polar surface area (TPSA) is 30.5 Å². The third-order valence-corrected chi connectivity index (χ3v) is 5.14. The van der Waals surface area contributed by atoms with Gasteiger partial charge in [-0.1, -0.05) is 48.0 Å². The van der Waals surface area contributed by atoms with E-state index in [4.69, 9.17) is 9.47 Å². The normalized spacial score (nSPS) is 16.7. The van der Waals surface area contributed by atoms with Crippen LogP contribution in [0.5, 0.6) is 11.5 Å². The summed E-state index contributed by atoms with van der Waals surface area (Å²) in [6, 6.07) is 4.78. The number of hydrogen-bond donors (Lipinski definition) is 1. The van der Waals surface area contributed by atoms with Crippen LogP contribution in [0.1, 0.15) is 64.4 Å². The summed E-state index contributed by atoms with van der Waals surface area (Å²) in [6.45, 7) is 6.17. The molecule has 1 aromatic carbocycles. The van der Waals surface area contributed by atoms with Crippen molar-refractivity contribution < 1.29 is 9.47 Å². The third kappa shape index (κ3) is 6.00. The van der Waals surface area contributed by atoms with Crippen LogP contribution >= 0.6 is 15.9 Å². The lowest BCUT2D eigenvalue weighted by Crippen LogP contribution is -2.29. The molecule has 0 amide bonds. The lowest BCUT2D eigenvalue weighted by atomic mass is 9.96. The molecule has 0 unspecified atom stereocenters. The summed E-state index contributed by atoms with van der Waals surface area (Å²) in [5.41, 5.74) is 1.24. The van der Waals surface area contributed by atoms with Gasteiger partial charge in [-0.25, -0.2) is 0 Å². The molecule has 0 spiro atoms. The first-order valence-corrected chi connectivity index (χ1v) is 9.85. The number of nitrogens with one attached hydrogen (secondary N) is 1. The first kappa shape index (κ1) is 18.6. The second kappa shape index (κ2) is 10.2. The van der Waals surface area contributed by atoms with Gasteiger partial charge in [0.2, 0.25) is 0 Å². The standard InChI is InChI=1S/C19H30BrNO2/c1-3-22-18-12-15(17(20)13-19(18)23-4-2)14-21-16-10-8-6-5-7-9-11-16/h12-13,16,21H,3-11,14H2,1-2H3. The van der Waals surface area contributed by atoms with Gasteiger partial charge in [-0.05, 0) is 44.4 Å². The van der Waals surface area contributed by atoms with Crippen LogP contribution < -0.4 is 14.8 Å². The zero-order chi connectivity index (χ0) is 16.5. The molecule has 4 heteroatoms. The Morgan fingerprint density at radius 2 is 1.52 bits per heavy atom. The van der Waals surface area contributed by atoms with Gasteiger partial charge in [0.25, 0.3) is 0 Å². The Morgan fingerprint density at radius 1 is 0.957 bits per heavy atom. The maximum absolute atomic E-state index is 5.74. The molecule has 1 saturated carbocycles. The molecule has 0 saturated heterocycles. The molecule has 0 heterocycles. The van der Waals surface area contributed by atoms with Crippen LogP contribution in [0, 0.1) is 0 Å². The van der Waals surface area contributed by atoms with Gasteiger partial charge in [0, 0.05) is 17.1 Å². The molecule has 0 radical (unpaired) electrons. The lowest BCUT2D eigenvalue weighted by Gasteiger charge is -2.22. The van der Waals surface area contributed by atoms with E-state index in [-0.39, 0.29) is 0 Å². The summed E-state index contributed by atoms with van der Waals surface area (Å²) >= 11 is 3.68. The molecule has 1 aliphatic carbocycles. The van der Waals surface area contributed by atoms with Crippen molar-refractivity contribution in [3.63, 3.8) is 0 Å². The number of hydrogen-bond acceptors (Lipinski definition) is 3. The van der Waals surface area contributed by atoms with Crippen molar-refractivity contribution in [1.29, 1.82) is 0 Å². The molecule has 1 N–H and O–H groups in total. The Balaban J connectivity index is 2.01. The SMILES string of the molecule is CCOc1cc(Br)c(CNC2CCCCCCC2)cc1OCC. The van der Waals surface area contributed by atoms with Crippen LogP contribution in [0.25, 0.3) is 0 Å². The monoisotopic (exact) mass is 383 g/mol. The summed E-state index contributed by atoms with van der Waals surface area (Å²) in [5.74, 6) is 1.66. The molecular weight excluding hydrogens is 354 g/mol. The average molecular weight is 384 g/mol. The molecule has 1 aliphatic rings. The molecular formula is C19H30BrNO2. The molecule has 0 bridgehead atoms. The predicted molar refractivity (Wildman–Crippen MR) is 99.4 cm³/mol. The Kier molecular flexibility index (Phi) is 8.24. The zero-order valence-corrected chi connectivity index (χ0v) is 16.1. The van der Waals surface area contributed by atoms with Crippen LogP contribution in [-0.4, -0.2) is 19.3 Å². The minimum Gasteiger partial charge on any atom is -0.490 e. The molecule has 3 nitrogen and oxygen atoms in total. The third-order valence-electron chi connectivity index (χ3n) is 4.40. The van der Waals surface area contributed by atoms with Crippen LogP contribution in [0.4, 0.5) is 0 Å². The van der Waals surface area contributed by atoms with E-state index in [0.29, 0.717) is 19.3 Å². The summed E-state index contributed by atoms with van der Waals surface area (Å²) < 4.78 is 12.5. The highest BCUT2D eigenvalue weighted by molar-refractivity contribution is 9.10. The fraction of sp³-hybridized carbons (Fsp3) is 0.684. The molecule has 0 atom stereocenters. The van der Waals surface area contributed by atoms with Gasteiger partial charge in [-0.15, -0.1) is 0 Å². The second-order valence-electron chi connectivity index (χ2n) is 6.18. The number of benzene rings is 1. The van der Waals surface area contributed by atoms with E-state index in [1.807, 2.05) is 19.9 Å². The minimum atomic E-state index is 0.643. The van der Waals surface area contributed by atoms with Crippen molar-refractivity contribution in [1.82, 2.24) is 5.32 Å². The van der Waals surface area contributed by atoms with E-state index < -0.39 is 0 Å². The smallest absolute Gasteiger partial charge is 0.162 e. The van der Waals surface area contributed by atoms with Crippen molar-refractivity contribution in [2.45, 2.75) is 71.4 Å². The molecule has 1 fully saturated rings. The maximum Gasteiger partial charge on any atom is 0.162 e. The highest BCUT2D eigenvalue weighted by atomic mass is 79.9. The van der Waals surface area contributed by atoms with Crippen LogP contribution in [0.15, 0.2) is 16.6 Å². The van der Waals surface area contributed by atoms with E-state index in [0.717, 1.165) is 22.5 Å². The van der Waals surface area contributed by atoms with E-state index in [1.165, 1.54) is 50.5 Å². The van der Waals surface area contributed by atoms with Gasteiger partial charge in [-0.3, -0.25) is 0 Å². The van der Waals surface area contributed by atoms with Crippen LogP contribution in [0.2, 0.25) is 0 Å². The molecule has 0 aromatic heterocycles. The zero-order valence-electron chi connectivity index (χ0n) is 14.5. The summed E-state index contributed by atoms with van der Waals surface area (Å²) in [7, 11) is 0. The van der Waals surface area contributed by atoms with E-state index in [9.17, 15) is 0 Å². The molecule has 130 valence electrons. The number of ether oxygens (including phenoxy) is 2. The highest BCUT2D eigenvalue weighted by Crippen LogP contribution is 2.34. The Bertz CT molecular complexity index is 471. The van der Waals surface area contributed by atoms with Crippen LogP contribution in [0.3, 0.4) is 0 Å². The average Bonchev–Trinajstić information content (AvgIpc) is 2.50. The highest BCUT2D eigenvalue weighted by Gasteiger charge is 2.14. The maximum atomic E-state index is 5.74. The van der Waals surface area contributed by atoms with E-state index in [2.05, 4.69) is 27.3 Å². The fourth-order valence-electron chi connectivity index (χ4n) is 3.16. The molecule has 1 aromatic rings. The summed E-state index contributed by atoms with van der Waals surface area (Å²) in [6.07, 6.45) is 9.49. The Hall–Kier alpha value is -0.740.